The number of allylic oxidation sites excluding steroid dienone is 5. The van der Waals surface area contributed by atoms with Gasteiger partial charge in [-0.25, -0.2) is 9.97 Å². The number of imidazole rings is 1. The van der Waals surface area contributed by atoms with Crippen molar-refractivity contribution in [2.24, 2.45) is 0 Å². The topological polar surface area (TPSA) is 33.4 Å². The molecule has 0 unspecified atom stereocenters. The van der Waals surface area contributed by atoms with E-state index in [0.29, 0.717) is 0 Å². The summed E-state index contributed by atoms with van der Waals surface area (Å²) < 4.78 is 2.18. The van der Waals surface area contributed by atoms with Crippen LogP contribution in [-0.4, -0.2) is 19.3 Å². The number of fused-ring (bicyclic) bond motifs is 2. The predicted molar refractivity (Wildman–Crippen MR) is 252 cm³/mol. The minimum atomic E-state index is 0.866. The molecule has 0 saturated heterocycles. The molecule has 9 aromatic rings. The van der Waals surface area contributed by atoms with Crippen LogP contribution >= 0.6 is 0 Å². The lowest BCUT2D eigenvalue weighted by molar-refractivity contribution is 0.662. The molecule has 0 atom stereocenters. The Labute approximate surface area is 356 Å². The van der Waals surface area contributed by atoms with Crippen LogP contribution in [0, 0.1) is 0 Å². The summed E-state index contributed by atoms with van der Waals surface area (Å²) in [6, 6.07) is 68.9. The van der Waals surface area contributed by atoms with E-state index in [1.807, 2.05) is 12.1 Å². The highest BCUT2D eigenvalue weighted by molar-refractivity contribution is 5.94. The molecule has 5 heterocycles. The fourth-order valence-electron chi connectivity index (χ4n) is 8.63. The lowest BCUT2D eigenvalue weighted by Gasteiger charge is -2.33. The molecule has 0 aliphatic carbocycles. The first-order valence-corrected chi connectivity index (χ1v) is 20.8. The Bertz CT molecular complexity index is 3150. The van der Waals surface area contributed by atoms with Crippen LogP contribution in [0.5, 0.6) is 0 Å². The zero-order valence-corrected chi connectivity index (χ0v) is 33.4. The second-order valence-corrected chi connectivity index (χ2v) is 15.4. The Balaban J connectivity index is 1.00. The molecular weight excluding hydrogens is 741 g/mol. The summed E-state index contributed by atoms with van der Waals surface area (Å²) in [5, 5.41) is 0. The van der Waals surface area contributed by atoms with Crippen LogP contribution in [0.2, 0.25) is 0 Å². The summed E-state index contributed by atoms with van der Waals surface area (Å²) in [6.45, 7) is 0. The molecule has 2 aliphatic heterocycles. The molecule has 0 amide bonds. The van der Waals surface area contributed by atoms with Gasteiger partial charge in [-0.2, -0.15) is 0 Å². The maximum Gasteiger partial charge on any atom is 0.137 e. The van der Waals surface area contributed by atoms with E-state index in [4.69, 9.17) is 9.97 Å². The summed E-state index contributed by atoms with van der Waals surface area (Å²) in [6.07, 6.45) is 13.8. The minimum absolute atomic E-state index is 0.866. The van der Waals surface area contributed by atoms with Gasteiger partial charge in [0.25, 0.3) is 0 Å². The number of benzene rings is 6. The Morgan fingerprint density at radius 1 is 0.410 bits per heavy atom. The lowest BCUT2D eigenvalue weighted by atomic mass is 9.91. The van der Waals surface area contributed by atoms with Crippen molar-refractivity contribution in [1.29, 1.82) is 0 Å². The predicted octanol–water partition coefficient (Wildman–Crippen LogP) is 14.3. The van der Waals surface area contributed by atoms with Gasteiger partial charge in [0.15, 0.2) is 0 Å². The molecule has 11 rings (SSSR count). The third kappa shape index (κ3) is 6.90. The van der Waals surface area contributed by atoms with Gasteiger partial charge in [0, 0.05) is 40.3 Å². The smallest absolute Gasteiger partial charge is 0.137 e. The van der Waals surface area contributed by atoms with Crippen molar-refractivity contribution < 1.29 is 0 Å². The van der Waals surface area contributed by atoms with Gasteiger partial charge in [0.05, 0.1) is 28.5 Å². The highest BCUT2D eigenvalue weighted by Gasteiger charge is 2.24. The molecule has 4 heteroatoms. The van der Waals surface area contributed by atoms with Crippen LogP contribution in [0.3, 0.4) is 0 Å². The average molecular weight is 781 g/mol. The molecular formula is C57H40N4. The van der Waals surface area contributed by atoms with E-state index in [-0.39, 0.29) is 0 Å². The van der Waals surface area contributed by atoms with Gasteiger partial charge in [-0.15, -0.1) is 0 Å². The number of hydrogen-bond acceptors (Lipinski definition) is 3. The molecule has 61 heavy (non-hydrogen) atoms. The third-order valence-electron chi connectivity index (χ3n) is 11.7. The van der Waals surface area contributed by atoms with E-state index in [1.165, 1.54) is 39.2 Å². The van der Waals surface area contributed by atoms with Crippen LogP contribution in [0.25, 0.3) is 84.2 Å². The molecule has 0 radical (unpaired) electrons. The van der Waals surface area contributed by atoms with Crippen molar-refractivity contribution in [3.05, 3.63) is 248 Å². The van der Waals surface area contributed by atoms with Crippen molar-refractivity contribution in [3.63, 3.8) is 0 Å². The van der Waals surface area contributed by atoms with Gasteiger partial charge in [0.1, 0.15) is 5.65 Å². The molecule has 3 aromatic heterocycles. The molecule has 4 nitrogen and oxygen atoms in total. The van der Waals surface area contributed by atoms with Crippen LogP contribution in [-0.2, 0) is 0 Å². The van der Waals surface area contributed by atoms with E-state index in [2.05, 4.69) is 228 Å². The second-order valence-electron chi connectivity index (χ2n) is 15.4. The molecule has 0 fully saturated rings. The Morgan fingerprint density at radius 2 is 0.934 bits per heavy atom. The first kappa shape index (κ1) is 36.0. The Kier molecular flexibility index (Phi) is 9.21. The number of pyridine rings is 2. The zero-order chi connectivity index (χ0) is 40.5. The van der Waals surface area contributed by atoms with Gasteiger partial charge in [0.2, 0.25) is 0 Å². The molecule has 6 aromatic carbocycles. The molecule has 2 aliphatic rings. The maximum absolute atomic E-state index is 5.37. The maximum atomic E-state index is 5.37. The standard InChI is InChI=1S/C57H40N4/c1-4-14-40(15-5-1)41-22-24-42(25-23-41)49-38-52(44-26-30-47(31-27-44)56-51(43-16-6-2-7-17-43)35-34-50-20-10-12-36-60(50)56)58-53(39-49)45-28-32-48(33-29-45)57-55(46-18-8-3-9-19-46)59-54-21-11-13-37-61(54)57/h1-34,36-39H,35H2. The van der Waals surface area contributed by atoms with Crippen molar-refractivity contribution in [2.45, 2.75) is 6.42 Å². The fraction of sp³-hybridized carbons (Fsp3) is 0.0175. The summed E-state index contributed by atoms with van der Waals surface area (Å²) in [7, 11) is 0. The summed E-state index contributed by atoms with van der Waals surface area (Å²) >= 11 is 0. The Hall–Kier alpha value is -8.08. The second kappa shape index (κ2) is 15.6. The number of hydrogen-bond donors (Lipinski definition) is 0. The first-order chi connectivity index (χ1) is 30.2. The average Bonchev–Trinajstić information content (AvgIpc) is 3.74. The van der Waals surface area contributed by atoms with E-state index < -0.39 is 0 Å². The van der Waals surface area contributed by atoms with Crippen LogP contribution in [0.1, 0.15) is 17.5 Å². The van der Waals surface area contributed by atoms with E-state index in [1.54, 1.807) is 0 Å². The highest BCUT2D eigenvalue weighted by atomic mass is 15.1. The van der Waals surface area contributed by atoms with Crippen molar-refractivity contribution in [1.82, 2.24) is 19.3 Å². The van der Waals surface area contributed by atoms with Crippen LogP contribution in [0.4, 0.5) is 0 Å². The number of aromatic nitrogens is 3. The van der Waals surface area contributed by atoms with Gasteiger partial charge >= 0.3 is 0 Å². The number of rotatable bonds is 8. The van der Waals surface area contributed by atoms with Crippen molar-refractivity contribution in [2.75, 3.05) is 0 Å². The monoisotopic (exact) mass is 780 g/mol. The largest absolute Gasteiger partial charge is 0.317 e. The highest BCUT2D eigenvalue weighted by Crippen LogP contribution is 2.41. The molecule has 0 saturated carbocycles. The molecule has 0 bridgehead atoms. The fourth-order valence-corrected chi connectivity index (χ4v) is 8.63. The van der Waals surface area contributed by atoms with Crippen LogP contribution in [0.15, 0.2) is 237 Å². The zero-order valence-electron chi connectivity index (χ0n) is 33.4. The van der Waals surface area contributed by atoms with E-state index >= 15 is 0 Å². The van der Waals surface area contributed by atoms with Gasteiger partial charge in [-0.1, -0.05) is 182 Å². The SMILES string of the molecule is C1=CC2=CCC(c3ccccc3)=C(c3ccc(-c4cc(-c5ccc(-c6ccccc6)cc5)cc(-c5ccc(-c6c(-c7ccccc7)nc7ccccn67)cc5)n4)cc3)N2C=C1. The van der Waals surface area contributed by atoms with Crippen LogP contribution < -0.4 is 0 Å². The minimum Gasteiger partial charge on any atom is -0.317 e. The van der Waals surface area contributed by atoms with Gasteiger partial charge in [-0.3, -0.25) is 4.40 Å². The normalized spacial score (nSPS) is 13.4. The van der Waals surface area contributed by atoms with Crippen molar-refractivity contribution >= 4 is 16.9 Å². The quantitative estimate of drug-likeness (QED) is 0.154. The summed E-state index contributed by atoms with van der Waals surface area (Å²) in [4.78, 5) is 12.8. The van der Waals surface area contributed by atoms with Gasteiger partial charge in [-0.05, 0) is 81.8 Å². The van der Waals surface area contributed by atoms with Gasteiger partial charge < -0.3 is 4.90 Å². The Morgan fingerprint density at radius 3 is 1.59 bits per heavy atom. The lowest BCUT2D eigenvalue weighted by Crippen LogP contribution is -2.20. The first-order valence-electron chi connectivity index (χ1n) is 20.8. The van der Waals surface area contributed by atoms with Crippen molar-refractivity contribution in [3.8, 4) is 67.3 Å². The number of nitrogens with zero attached hydrogens (tertiary/aromatic N) is 4. The molecule has 288 valence electrons. The molecule has 0 N–H and O–H groups in total. The van der Waals surface area contributed by atoms with E-state index in [9.17, 15) is 0 Å². The third-order valence-corrected chi connectivity index (χ3v) is 11.7. The van der Waals surface area contributed by atoms with E-state index in [0.717, 1.165) is 68.2 Å². The summed E-state index contributed by atoms with van der Waals surface area (Å²) in [5.41, 5.74) is 19.8. The molecule has 0 spiro atoms. The summed E-state index contributed by atoms with van der Waals surface area (Å²) in [5.74, 6) is 0.